The maximum absolute atomic E-state index is 9.12. The van der Waals surface area contributed by atoms with Crippen molar-refractivity contribution in [3.8, 4) is 6.07 Å². The fourth-order valence-corrected chi connectivity index (χ4v) is 4.38. The Morgan fingerprint density at radius 2 is 1.36 bits per heavy atom. The highest BCUT2D eigenvalue weighted by atomic mass is 15.3. The minimum Gasteiger partial charge on any atom is -0.322 e. The summed E-state index contributed by atoms with van der Waals surface area (Å²) in [6.45, 7) is 5.62. The van der Waals surface area contributed by atoms with E-state index in [9.17, 15) is 0 Å². The van der Waals surface area contributed by atoms with E-state index in [2.05, 4.69) is 72.8 Å². The molecule has 3 aromatic carbocycles. The van der Waals surface area contributed by atoms with Gasteiger partial charge in [-0.3, -0.25) is 0 Å². The maximum Gasteiger partial charge on any atom is 0.139 e. The number of hydrogen-bond donors (Lipinski definition) is 2. The zero-order valence-electron chi connectivity index (χ0n) is 16.1. The number of quaternary nitrogens is 2. The summed E-state index contributed by atoms with van der Waals surface area (Å²) in [5.74, 6) is 0. The molecule has 0 atom stereocenters. The van der Waals surface area contributed by atoms with Crippen LogP contribution in [0, 0.1) is 11.3 Å². The van der Waals surface area contributed by atoms with Gasteiger partial charge in [0, 0.05) is 16.7 Å². The van der Waals surface area contributed by atoms with Crippen LogP contribution in [-0.4, -0.2) is 26.2 Å². The third-order valence-electron chi connectivity index (χ3n) is 5.78. The van der Waals surface area contributed by atoms with Gasteiger partial charge in [-0.2, -0.15) is 5.26 Å². The van der Waals surface area contributed by atoms with Crippen LogP contribution in [0.3, 0.4) is 0 Å². The average molecular weight is 370 g/mol. The van der Waals surface area contributed by atoms with E-state index in [1.165, 1.54) is 16.7 Å². The number of nitrogens with zero attached hydrogens (tertiary/aromatic N) is 1. The average Bonchev–Trinajstić information content (AvgIpc) is 2.77. The first kappa shape index (κ1) is 18.4. The van der Waals surface area contributed by atoms with Gasteiger partial charge < -0.3 is 9.80 Å². The molecule has 0 bridgehead atoms. The molecule has 3 aromatic rings. The normalized spacial score (nSPS) is 19.3. The molecule has 0 amide bonds. The van der Waals surface area contributed by atoms with Crippen LogP contribution in [0.15, 0.2) is 84.9 Å². The Kier molecular flexibility index (Phi) is 5.82. The van der Waals surface area contributed by atoms with E-state index in [1.54, 1.807) is 9.80 Å². The fraction of sp³-hybridized carbons (Fsp3) is 0.240. The van der Waals surface area contributed by atoms with Gasteiger partial charge in [0.05, 0.1) is 11.6 Å². The van der Waals surface area contributed by atoms with E-state index in [0.717, 1.165) is 38.3 Å². The van der Waals surface area contributed by atoms with Crippen LogP contribution in [0.1, 0.15) is 28.3 Å². The summed E-state index contributed by atoms with van der Waals surface area (Å²) >= 11 is 0. The van der Waals surface area contributed by atoms with Gasteiger partial charge in [-0.25, -0.2) is 0 Å². The van der Waals surface area contributed by atoms with Crippen molar-refractivity contribution >= 4 is 0 Å². The van der Waals surface area contributed by atoms with Crippen LogP contribution in [0.5, 0.6) is 0 Å². The van der Waals surface area contributed by atoms with Crippen LogP contribution < -0.4 is 9.80 Å². The number of nitriles is 1. The van der Waals surface area contributed by atoms with Crippen LogP contribution in [-0.2, 0) is 6.54 Å². The lowest BCUT2D eigenvalue weighted by atomic mass is 9.96. The Labute approximate surface area is 167 Å². The lowest BCUT2D eigenvalue weighted by Gasteiger charge is -2.35. The molecule has 0 saturated carbocycles. The van der Waals surface area contributed by atoms with Crippen LogP contribution in [0.25, 0.3) is 0 Å². The molecule has 140 valence electrons. The van der Waals surface area contributed by atoms with Crippen LogP contribution >= 0.6 is 0 Å². The number of nitrogens with one attached hydrogen (secondary N) is 2. The smallest absolute Gasteiger partial charge is 0.139 e. The zero-order valence-corrected chi connectivity index (χ0v) is 16.1. The van der Waals surface area contributed by atoms with Crippen molar-refractivity contribution in [2.75, 3.05) is 26.2 Å². The van der Waals surface area contributed by atoms with E-state index >= 15 is 0 Å². The molecule has 0 unspecified atom stereocenters. The van der Waals surface area contributed by atoms with Crippen molar-refractivity contribution in [1.82, 2.24) is 0 Å². The molecule has 0 radical (unpaired) electrons. The SMILES string of the molecule is N#Cc1cccc(C[NH+]2CC[NH+](C(c3ccccc3)c3ccccc3)CC2)c1. The molecule has 3 nitrogen and oxygen atoms in total. The standard InChI is InChI=1S/C25H25N3/c26-19-21-8-7-9-22(18-21)20-27-14-16-28(17-15-27)25(23-10-3-1-4-11-23)24-12-5-2-6-13-24/h1-13,18,25H,14-17,20H2/p+2. The molecule has 0 aromatic heterocycles. The predicted octanol–water partition coefficient (Wildman–Crippen LogP) is 1.63. The van der Waals surface area contributed by atoms with Gasteiger partial charge in [0.2, 0.25) is 0 Å². The van der Waals surface area contributed by atoms with Gasteiger partial charge in [0.1, 0.15) is 38.8 Å². The van der Waals surface area contributed by atoms with Crippen molar-refractivity contribution in [2.24, 2.45) is 0 Å². The Balaban J connectivity index is 1.47. The van der Waals surface area contributed by atoms with E-state index < -0.39 is 0 Å². The third kappa shape index (κ3) is 4.31. The molecule has 4 rings (SSSR count). The van der Waals surface area contributed by atoms with Crippen molar-refractivity contribution in [3.05, 3.63) is 107 Å². The summed E-state index contributed by atoms with van der Waals surface area (Å²) in [7, 11) is 0. The molecule has 0 aliphatic carbocycles. The summed E-state index contributed by atoms with van der Waals surface area (Å²) in [6.07, 6.45) is 0. The lowest BCUT2D eigenvalue weighted by Crippen LogP contribution is -3.27. The minimum atomic E-state index is 0.394. The highest BCUT2D eigenvalue weighted by Gasteiger charge is 2.31. The summed E-state index contributed by atoms with van der Waals surface area (Å²) < 4.78 is 0. The fourth-order valence-electron chi connectivity index (χ4n) is 4.38. The number of hydrogen-bond acceptors (Lipinski definition) is 1. The summed E-state index contributed by atoms with van der Waals surface area (Å²) in [4.78, 5) is 3.26. The first-order valence-corrected chi connectivity index (χ1v) is 10.1. The van der Waals surface area contributed by atoms with Crippen molar-refractivity contribution in [1.29, 1.82) is 5.26 Å². The number of rotatable bonds is 5. The molecular formula is C25H27N3+2. The monoisotopic (exact) mass is 369 g/mol. The second kappa shape index (κ2) is 8.84. The topological polar surface area (TPSA) is 32.7 Å². The number of piperazine rings is 1. The lowest BCUT2D eigenvalue weighted by molar-refractivity contribution is -1.03. The molecular weight excluding hydrogens is 342 g/mol. The Morgan fingerprint density at radius 3 is 1.93 bits per heavy atom. The van der Waals surface area contributed by atoms with Gasteiger partial charge in [-0.05, 0) is 12.1 Å². The second-order valence-corrected chi connectivity index (χ2v) is 7.65. The Bertz CT molecular complexity index is 883. The van der Waals surface area contributed by atoms with Crippen molar-refractivity contribution in [2.45, 2.75) is 12.6 Å². The van der Waals surface area contributed by atoms with Crippen molar-refractivity contribution < 1.29 is 9.80 Å². The second-order valence-electron chi connectivity index (χ2n) is 7.65. The minimum absolute atomic E-state index is 0.394. The van der Waals surface area contributed by atoms with Gasteiger partial charge in [0.15, 0.2) is 0 Å². The first-order valence-electron chi connectivity index (χ1n) is 10.1. The molecule has 1 saturated heterocycles. The first-order chi connectivity index (χ1) is 13.8. The van der Waals surface area contributed by atoms with Gasteiger partial charge in [-0.1, -0.05) is 72.8 Å². The largest absolute Gasteiger partial charge is 0.322 e. The summed E-state index contributed by atoms with van der Waals surface area (Å²) in [6, 6.07) is 32.5. The highest BCUT2D eigenvalue weighted by Crippen LogP contribution is 2.18. The molecule has 1 heterocycles. The van der Waals surface area contributed by atoms with E-state index in [0.29, 0.717) is 6.04 Å². The molecule has 1 aliphatic rings. The molecule has 28 heavy (non-hydrogen) atoms. The van der Waals surface area contributed by atoms with E-state index in [4.69, 9.17) is 5.26 Å². The summed E-state index contributed by atoms with van der Waals surface area (Å²) in [5.41, 5.74) is 4.82. The molecule has 0 spiro atoms. The number of benzene rings is 3. The van der Waals surface area contributed by atoms with Gasteiger partial charge in [-0.15, -0.1) is 0 Å². The molecule has 3 heteroatoms. The Hall–Kier alpha value is -2.93. The van der Waals surface area contributed by atoms with Crippen molar-refractivity contribution in [3.63, 3.8) is 0 Å². The van der Waals surface area contributed by atoms with Gasteiger partial charge >= 0.3 is 0 Å². The van der Waals surface area contributed by atoms with E-state index in [-0.39, 0.29) is 0 Å². The summed E-state index contributed by atoms with van der Waals surface area (Å²) in [5, 5.41) is 9.12. The van der Waals surface area contributed by atoms with Gasteiger partial charge in [0.25, 0.3) is 0 Å². The highest BCUT2D eigenvalue weighted by molar-refractivity contribution is 5.32. The van der Waals surface area contributed by atoms with Crippen LogP contribution in [0.2, 0.25) is 0 Å². The van der Waals surface area contributed by atoms with E-state index in [1.807, 2.05) is 18.2 Å². The maximum atomic E-state index is 9.12. The quantitative estimate of drug-likeness (QED) is 0.704. The molecule has 2 N–H and O–H groups in total. The predicted molar refractivity (Wildman–Crippen MR) is 111 cm³/mol. The molecule has 1 aliphatic heterocycles. The van der Waals surface area contributed by atoms with Crippen LogP contribution in [0.4, 0.5) is 0 Å². The Morgan fingerprint density at radius 1 is 0.750 bits per heavy atom. The third-order valence-corrected chi connectivity index (χ3v) is 5.78. The zero-order chi connectivity index (χ0) is 19.2. The molecule has 1 fully saturated rings.